The van der Waals surface area contributed by atoms with Crippen LogP contribution in [-0.4, -0.2) is 49.4 Å². The summed E-state index contributed by atoms with van der Waals surface area (Å²) in [5.41, 5.74) is 2.32. The van der Waals surface area contributed by atoms with E-state index in [0.717, 1.165) is 42.0 Å². The lowest BCUT2D eigenvalue weighted by molar-refractivity contribution is 0.207. The van der Waals surface area contributed by atoms with Gasteiger partial charge in [0.15, 0.2) is 11.6 Å². The maximum Gasteiger partial charge on any atom is 0.301 e. The van der Waals surface area contributed by atoms with Crippen molar-refractivity contribution in [1.29, 1.82) is 5.26 Å². The van der Waals surface area contributed by atoms with Crippen LogP contribution in [0.25, 0.3) is 11.0 Å². The Kier molecular flexibility index (Phi) is 7.22. The quantitative estimate of drug-likeness (QED) is 0.448. The number of anilines is 1. The van der Waals surface area contributed by atoms with Crippen molar-refractivity contribution in [3.8, 4) is 17.6 Å². The second-order valence-electron chi connectivity index (χ2n) is 10.2. The number of ether oxygens (including phenoxy) is 1. The predicted octanol–water partition coefficient (Wildman–Crippen LogP) is 4.68. The van der Waals surface area contributed by atoms with Crippen molar-refractivity contribution in [2.75, 3.05) is 31.4 Å². The third-order valence-corrected chi connectivity index (χ3v) is 9.41. The van der Waals surface area contributed by atoms with Gasteiger partial charge in [-0.15, -0.1) is 0 Å². The van der Waals surface area contributed by atoms with Crippen LogP contribution in [0.1, 0.15) is 56.2 Å². The first-order valence-electron chi connectivity index (χ1n) is 12.9. The first-order chi connectivity index (χ1) is 18.2. The number of nitrogens with one attached hydrogen (secondary N) is 2. The van der Waals surface area contributed by atoms with Gasteiger partial charge < -0.3 is 10.1 Å². The standard InChI is InChI=1S/C27H31FN6O3S/c1-3-34(2)38(35,36)33-22-7-5-21(28)26(20(22)16-29)37-19-4-6-23-24(14-19)32-25(17-31-23)18-8-9-27(15-18)10-12-30-13-11-27/h4-7,14,17-18,30,33H,3,8-13,15H2,1-2H3. The Morgan fingerprint density at radius 3 is 2.76 bits per heavy atom. The lowest BCUT2D eigenvalue weighted by Gasteiger charge is -2.34. The molecule has 0 radical (unpaired) electrons. The molecule has 11 heteroatoms. The van der Waals surface area contributed by atoms with E-state index in [0.29, 0.717) is 22.4 Å². The first-order valence-corrected chi connectivity index (χ1v) is 14.3. The maximum absolute atomic E-state index is 14.8. The summed E-state index contributed by atoms with van der Waals surface area (Å²) in [5, 5.41) is 13.2. The minimum Gasteiger partial charge on any atom is -0.453 e. The summed E-state index contributed by atoms with van der Waals surface area (Å²) in [7, 11) is -2.52. The molecular formula is C27H31FN6O3S. The Labute approximate surface area is 222 Å². The second kappa shape index (κ2) is 10.4. The Balaban J connectivity index is 1.42. The zero-order valence-corrected chi connectivity index (χ0v) is 22.3. The Hall–Kier alpha value is -3.33. The number of nitrogens with zero attached hydrogens (tertiary/aromatic N) is 4. The average Bonchev–Trinajstić information content (AvgIpc) is 3.32. The lowest BCUT2D eigenvalue weighted by atomic mass is 9.77. The number of fused-ring (bicyclic) bond motifs is 1. The highest BCUT2D eigenvalue weighted by molar-refractivity contribution is 7.90. The van der Waals surface area contributed by atoms with E-state index in [-0.39, 0.29) is 29.3 Å². The van der Waals surface area contributed by atoms with E-state index in [1.807, 2.05) is 12.3 Å². The fourth-order valence-electron chi connectivity index (χ4n) is 5.49. The average molecular weight is 539 g/mol. The van der Waals surface area contributed by atoms with Gasteiger partial charge in [-0.05, 0) is 74.9 Å². The highest BCUT2D eigenvalue weighted by atomic mass is 32.2. The Morgan fingerprint density at radius 2 is 2.03 bits per heavy atom. The third-order valence-electron chi connectivity index (χ3n) is 7.85. The smallest absolute Gasteiger partial charge is 0.301 e. The molecule has 1 unspecified atom stereocenters. The fourth-order valence-corrected chi connectivity index (χ4v) is 6.44. The molecule has 38 heavy (non-hydrogen) atoms. The van der Waals surface area contributed by atoms with Gasteiger partial charge in [0, 0.05) is 31.8 Å². The summed E-state index contributed by atoms with van der Waals surface area (Å²) in [4.78, 5) is 9.48. The van der Waals surface area contributed by atoms with E-state index in [4.69, 9.17) is 9.72 Å². The van der Waals surface area contributed by atoms with Crippen molar-refractivity contribution in [1.82, 2.24) is 19.6 Å². The summed E-state index contributed by atoms with van der Waals surface area (Å²) in [6, 6.07) is 9.17. The van der Waals surface area contributed by atoms with Crippen LogP contribution in [0.3, 0.4) is 0 Å². The summed E-state index contributed by atoms with van der Waals surface area (Å²) < 4.78 is 49.0. The molecule has 1 spiro atoms. The van der Waals surface area contributed by atoms with Crippen molar-refractivity contribution < 1.29 is 17.5 Å². The molecule has 1 aromatic heterocycles. The summed E-state index contributed by atoms with van der Waals surface area (Å²) in [6.07, 6.45) is 7.63. The first kappa shape index (κ1) is 26.3. The molecule has 2 fully saturated rings. The summed E-state index contributed by atoms with van der Waals surface area (Å²) in [5.74, 6) is -0.528. The van der Waals surface area contributed by atoms with Gasteiger partial charge in [-0.3, -0.25) is 9.71 Å². The van der Waals surface area contributed by atoms with E-state index in [9.17, 15) is 18.1 Å². The minimum absolute atomic E-state index is 0.0693. The third kappa shape index (κ3) is 5.16. The number of nitriles is 1. The zero-order chi connectivity index (χ0) is 26.9. The molecule has 9 nitrogen and oxygen atoms in total. The SMILES string of the molecule is CCN(C)S(=O)(=O)Nc1ccc(F)c(Oc2ccc3ncc(C4CCC5(CCNCC5)C4)nc3c2)c1C#N. The molecule has 0 bridgehead atoms. The van der Waals surface area contributed by atoms with E-state index < -0.39 is 16.0 Å². The van der Waals surface area contributed by atoms with Gasteiger partial charge >= 0.3 is 10.2 Å². The molecule has 1 saturated carbocycles. The fraction of sp³-hybridized carbons (Fsp3) is 0.444. The molecule has 2 aromatic carbocycles. The molecule has 1 aliphatic carbocycles. The largest absolute Gasteiger partial charge is 0.453 e. The van der Waals surface area contributed by atoms with Crippen LogP contribution in [0.15, 0.2) is 36.5 Å². The molecule has 2 aliphatic rings. The maximum atomic E-state index is 14.8. The number of hydrogen-bond donors (Lipinski definition) is 2. The van der Waals surface area contributed by atoms with Crippen LogP contribution in [0.2, 0.25) is 0 Å². The number of piperidine rings is 1. The van der Waals surface area contributed by atoms with Gasteiger partial charge in [-0.1, -0.05) is 6.92 Å². The topological polar surface area (TPSA) is 120 Å². The molecule has 0 amide bonds. The van der Waals surface area contributed by atoms with Crippen LogP contribution in [-0.2, 0) is 10.2 Å². The van der Waals surface area contributed by atoms with E-state index in [1.165, 1.54) is 32.4 Å². The molecule has 200 valence electrons. The van der Waals surface area contributed by atoms with Crippen molar-refractivity contribution >= 4 is 26.9 Å². The van der Waals surface area contributed by atoms with Gasteiger partial charge in [0.25, 0.3) is 0 Å². The van der Waals surface area contributed by atoms with E-state index in [2.05, 4.69) is 15.0 Å². The number of rotatable bonds is 7. The van der Waals surface area contributed by atoms with Gasteiger partial charge in [-0.25, -0.2) is 9.37 Å². The predicted molar refractivity (Wildman–Crippen MR) is 143 cm³/mol. The van der Waals surface area contributed by atoms with Crippen LogP contribution >= 0.6 is 0 Å². The van der Waals surface area contributed by atoms with Crippen molar-refractivity contribution in [2.45, 2.75) is 44.9 Å². The van der Waals surface area contributed by atoms with Gasteiger partial charge in [0.1, 0.15) is 17.4 Å². The zero-order valence-electron chi connectivity index (χ0n) is 21.5. The molecule has 1 saturated heterocycles. The second-order valence-corrected chi connectivity index (χ2v) is 11.9. The molecule has 2 heterocycles. The Morgan fingerprint density at radius 1 is 1.24 bits per heavy atom. The molecule has 5 rings (SSSR count). The van der Waals surface area contributed by atoms with Crippen molar-refractivity contribution in [2.24, 2.45) is 5.41 Å². The highest BCUT2D eigenvalue weighted by Crippen LogP contribution is 2.51. The summed E-state index contributed by atoms with van der Waals surface area (Å²) in [6.45, 7) is 4.03. The Bertz CT molecular complexity index is 1500. The van der Waals surface area contributed by atoms with Gasteiger partial charge in [0.2, 0.25) is 0 Å². The van der Waals surface area contributed by atoms with Crippen molar-refractivity contribution in [3.05, 3.63) is 53.6 Å². The van der Waals surface area contributed by atoms with Crippen LogP contribution < -0.4 is 14.8 Å². The van der Waals surface area contributed by atoms with Gasteiger partial charge in [-0.2, -0.15) is 18.0 Å². The lowest BCUT2D eigenvalue weighted by Crippen LogP contribution is -2.35. The van der Waals surface area contributed by atoms with Crippen LogP contribution in [0, 0.1) is 22.6 Å². The highest BCUT2D eigenvalue weighted by Gasteiger charge is 2.40. The van der Waals surface area contributed by atoms with Crippen LogP contribution in [0.5, 0.6) is 11.5 Å². The number of hydrogen-bond acceptors (Lipinski definition) is 7. The van der Waals surface area contributed by atoms with Crippen molar-refractivity contribution in [3.63, 3.8) is 0 Å². The molecule has 2 N–H and O–H groups in total. The van der Waals surface area contributed by atoms with Crippen LogP contribution in [0.4, 0.5) is 10.1 Å². The normalized spacial score (nSPS) is 19.1. The molecular weight excluding hydrogens is 507 g/mol. The van der Waals surface area contributed by atoms with E-state index in [1.54, 1.807) is 25.1 Å². The monoisotopic (exact) mass is 538 g/mol. The van der Waals surface area contributed by atoms with Gasteiger partial charge in [0.05, 0.1) is 22.4 Å². The number of aromatic nitrogens is 2. The summed E-state index contributed by atoms with van der Waals surface area (Å²) >= 11 is 0. The number of halogens is 1. The molecule has 3 aromatic rings. The van der Waals surface area contributed by atoms with E-state index >= 15 is 0 Å². The molecule has 1 atom stereocenters. The minimum atomic E-state index is -3.92. The molecule has 1 aliphatic heterocycles. The number of benzene rings is 2.